The number of hydrogen-bond acceptors (Lipinski definition) is 1. The zero-order valence-corrected chi connectivity index (χ0v) is 8.97. The Kier molecular flexibility index (Phi) is 11.1. The maximum Gasteiger partial charge on any atom is 0.307 e. The van der Waals surface area contributed by atoms with Crippen molar-refractivity contribution in [3.8, 4) is 11.8 Å². The second-order valence-corrected chi connectivity index (χ2v) is 3.25. The SMILES string of the molecule is CCCCCC#CCC(C)C(=O)O.O. The highest BCUT2D eigenvalue weighted by Crippen LogP contribution is 2.00. The van der Waals surface area contributed by atoms with Crippen LogP contribution in [-0.4, -0.2) is 16.6 Å². The molecule has 14 heavy (non-hydrogen) atoms. The van der Waals surface area contributed by atoms with Gasteiger partial charge in [0.1, 0.15) is 0 Å². The van der Waals surface area contributed by atoms with Crippen LogP contribution in [0.25, 0.3) is 0 Å². The van der Waals surface area contributed by atoms with Gasteiger partial charge in [-0.2, -0.15) is 0 Å². The van der Waals surface area contributed by atoms with Crippen molar-refractivity contribution < 1.29 is 15.4 Å². The predicted molar refractivity (Wildman–Crippen MR) is 56.9 cm³/mol. The van der Waals surface area contributed by atoms with E-state index in [0.717, 1.165) is 12.8 Å². The van der Waals surface area contributed by atoms with Crippen LogP contribution in [0, 0.1) is 17.8 Å². The second kappa shape index (κ2) is 10.1. The molecule has 0 heterocycles. The quantitative estimate of drug-likeness (QED) is 0.543. The lowest BCUT2D eigenvalue weighted by molar-refractivity contribution is -0.140. The summed E-state index contributed by atoms with van der Waals surface area (Å²) >= 11 is 0. The first-order chi connectivity index (χ1) is 6.18. The first-order valence-electron chi connectivity index (χ1n) is 4.87. The minimum atomic E-state index is -0.761. The largest absolute Gasteiger partial charge is 0.481 e. The van der Waals surface area contributed by atoms with E-state index >= 15 is 0 Å². The third-order valence-electron chi connectivity index (χ3n) is 1.86. The number of hydrogen-bond donors (Lipinski definition) is 1. The average Bonchev–Trinajstić information content (AvgIpc) is 2.10. The van der Waals surface area contributed by atoms with Gasteiger partial charge in [0.2, 0.25) is 0 Å². The van der Waals surface area contributed by atoms with E-state index in [-0.39, 0.29) is 11.4 Å². The zero-order chi connectivity index (χ0) is 10.1. The first kappa shape index (κ1) is 15.5. The summed E-state index contributed by atoms with van der Waals surface area (Å²) in [4.78, 5) is 10.4. The summed E-state index contributed by atoms with van der Waals surface area (Å²) in [6.45, 7) is 3.84. The summed E-state index contributed by atoms with van der Waals surface area (Å²) in [5, 5.41) is 8.55. The summed E-state index contributed by atoms with van der Waals surface area (Å²) < 4.78 is 0. The van der Waals surface area contributed by atoms with Crippen LogP contribution in [0.5, 0.6) is 0 Å². The lowest BCUT2D eigenvalue weighted by Gasteiger charge is -1.97. The molecule has 0 aromatic carbocycles. The topological polar surface area (TPSA) is 68.8 Å². The zero-order valence-electron chi connectivity index (χ0n) is 8.97. The van der Waals surface area contributed by atoms with Crippen molar-refractivity contribution >= 4 is 5.97 Å². The molecule has 0 aliphatic heterocycles. The first-order valence-corrected chi connectivity index (χ1v) is 4.87. The van der Waals surface area contributed by atoms with Crippen LogP contribution in [0.1, 0.15) is 46.0 Å². The van der Waals surface area contributed by atoms with Gasteiger partial charge < -0.3 is 10.6 Å². The fourth-order valence-electron chi connectivity index (χ4n) is 0.864. The average molecular weight is 200 g/mol. The minimum absolute atomic E-state index is 0. The highest BCUT2D eigenvalue weighted by molar-refractivity contribution is 5.69. The van der Waals surface area contributed by atoms with Gasteiger partial charge in [-0.25, -0.2) is 0 Å². The van der Waals surface area contributed by atoms with Crippen molar-refractivity contribution in [1.29, 1.82) is 0 Å². The van der Waals surface area contributed by atoms with E-state index in [1.165, 1.54) is 12.8 Å². The van der Waals surface area contributed by atoms with Crippen LogP contribution in [-0.2, 0) is 4.79 Å². The van der Waals surface area contributed by atoms with Crippen LogP contribution in [0.3, 0.4) is 0 Å². The van der Waals surface area contributed by atoms with Crippen molar-refractivity contribution in [3.63, 3.8) is 0 Å². The van der Waals surface area contributed by atoms with E-state index in [1.54, 1.807) is 6.92 Å². The summed E-state index contributed by atoms with van der Waals surface area (Å²) in [6.07, 6.45) is 4.92. The van der Waals surface area contributed by atoms with Crippen LogP contribution in [0.15, 0.2) is 0 Å². The van der Waals surface area contributed by atoms with Crippen molar-refractivity contribution in [2.24, 2.45) is 5.92 Å². The molecule has 0 aromatic heterocycles. The minimum Gasteiger partial charge on any atom is -0.481 e. The van der Waals surface area contributed by atoms with E-state index < -0.39 is 5.97 Å². The summed E-state index contributed by atoms with van der Waals surface area (Å²) in [7, 11) is 0. The van der Waals surface area contributed by atoms with Crippen LogP contribution >= 0.6 is 0 Å². The highest BCUT2D eigenvalue weighted by atomic mass is 16.4. The van der Waals surface area contributed by atoms with Gasteiger partial charge in [-0.3, -0.25) is 4.79 Å². The number of unbranched alkanes of at least 4 members (excludes halogenated alkanes) is 3. The Morgan fingerprint density at radius 1 is 1.36 bits per heavy atom. The van der Waals surface area contributed by atoms with E-state index in [9.17, 15) is 4.79 Å². The van der Waals surface area contributed by atoms with Crippen molar-refractivity contribution in [1.82, 2.24) is 0 Å². The summed E-state index contributed by atoms with van der Waals surface area (Å²) in [5.74, 6) is 4.79. The Bertz CT molecular complexity index is 200. The monoisotopic (exact) mass is 200 g/mol. The standard InChI is InChI=1S/C11H18O2.H2O/c1-3-4-5-6-7-8-9-10(2)11(12)13;/h10H,3-6,9H2,1-2H3,(H,12,13);1H2. The summed E-state index contributed by atoms with van der Waals surface area (Å²) in [6, 6.07) is 0. The molecular formula is C11H20O3. The molecule has 0 bridgehead atoms. The molecule has 0 aliphatic carbocycles. The van der Waals surface area contributed by atoms with Crippen LogP contribution < -0.4 is 0 Å². The molecule has 0 saturated carbocycles. The molecule has 3 nitrogen and oxygen atoms in total. The van der Waals surface area contributed by atoms with Gasteiger partial charge in [-0.1, -0.05) is 26.7 Å². The molecular weight excluding hydrogens is 180 g/mol. The molecule has 0 radical (unpaired) electrons. The molecule has 3 N–H and O–H groups in total. The third-order valence-corrected chi connectivity index (χ3v) is 1.86. The van der Waals surface area contributed by atoms with Gasteiger partial charge in [0.25, 0.3) is 0 Å². The number of carboxylic acid groups (broad SMARTS) is 1. The molecule has 0 spiro atoms. The molecule has 1 unspecified atom stereocenters. The maximum atomic E-state index is 10.4. The number of aliphatic carboxylic acids is 1. The number of rotatable bonds is 5. The van der Waals surface area contributed by atoms with Crippen LogP contribution in [0.2, 0.25) is 0 Å². The Hall–Kier alpha value is -1.01. The van der Waals surface area contributed by atoms with E-state index in [0.29, 0.717) is 6.42 Å². The van der Waals surface area contributed by atoms with E-state index in [2.05, 4.69) is 18.8 Å². The highest BCUT2D eigenvalue weighted by Gasteiger charge is 2.07. The van der Waals surface area contributed by atoms with Gasteiger partial charge in [0.15, 0.2) is 0 Å². The smallest absolute Gasteiger partial charge is 0.307 e. The predicted octanol–water partition coefficient (Wildman–Crippen LogP) is 1.86. The van der Waals surface area contributed by atoms with Crippen molar-refractivity contribution in [2.75, 3.05) is 0 Å². The molecule has 0 aliphatic rings. The van der Waals surface area contributed by atoms with Gasteiger partial charge in [0, 0.05) is 12.8 Å². The van der Waals surface area contributed by atoms with Gasteiger partial charge in [0.05, 0.1) is 5.92 Å². The molecule has 0 fully saturated rings. The molecule has 3 heteroatoms. The number of carbonyl (C=O) groups is 1. The van der Waals surface area contributed by atoms with Gasteiger partial charge in [-0.05, 0) is 6.42 Å². The molecule has 0 rings (SSSR count). The lowest BCUT2D eigenvalue weighted by atomic mass is 10.1. The van der Waals surface area contributed by atoms with E-state index in [4.69, 9.17) is 5.11 Å². The Morgan fingerprint density at radius 2 is 2.00 bits per heavy atom. The normalized spacial score (nSPS) is 10.7. The van der Waals surface area contributed by atoms with Crippen molar-refractivity contribution in [3.05, 3.63) is 0 Å². The molecule has 0 saturated heterocycles. The van der Waals surface area contributed by atoms with E-state index in [1.807, 2.05) is 0 Å². The fraction of sp³-hybridized carbons (Fsp3) is 0.727. The molecule has 0 amide bonds. The molecule has 1 atom stereocenters. The van der Waals surface area contributed by atoms with Gasteiger partial charge >= 0.3 is 5.97 Å². The number of carboxylic acids is 1. The maximum absolute atomic E-state index is 10.4. The second-order valence-electron chi connectivity index (χ2n) is 3.25. The van der Waals surface area contributed by atoms with Crippen molar-refractivity contribution in [2.45, 2.75) is 46.0 Å². The fourth-order valence-corrected chi connectivity index (χ4v) is 0.864. The van der Waals surface area contributed by atoms with Gasteiger partial charge in [-0.15, -0.1) is 11.8 Å². The Balaban J connectivity index is 0. The Labute approximate surface area is 85.8 Å². The lowest BCUT2D eigenvalue weighted by Crippen LogP contribution is -2.07. The summed E-state index contributed by atoms with van der Waals surface area (Å²) in [5.41, 5.74) is 0. The Morgan fingerprint density at radius 3 is 2.50 bits per heavy atom. The molecule has 0 aromatic rings. The molecule has 82 valence electrons. The third kappa shape index (κ3) is 9.08. The van der Waals surface area contributed by atoms with Crippen LogP contribution in [0.4, 0.5) is 0 Å².